The van der Waals surface area contributed by atoms with E-state index in [2.05, 4.69) is 0 Å². The molecular formula is C13H15F3N2O4S. The fourth-order valence-electron chi connectivity index (χ4n) is 2.61. The SMILES string of the molecule is CS(=O)(=O)c1ccc(N2CCC[C@H](C(F)(F)F)C2)c([N+](=O)[O-])c1. The van der Waals surface area contributed by atoms with Crippen LogP contribution in [0.4, 0.5) is 24.5 Å². The Kier molecular flexibility index (Phi) is 4.56. The molecule has 1 aliphatic rings. The number of halogens is 3. The van der Waals surface area contributed by atoms with Crippen LogP contribution in [0.25, 0.3) is 0 Å². The van der Waals surface area contributed by atoms with Crippen molar-refractivity contribution in [3.63, 3.8) is 0 Å². The third kappa shape index (κ3) is 3.92. The first kappa shape index (κ1) is 17.5. The van der Waals surface area contributed by atoms with Gasteiger partial charge in [0.05, 0.1) is 15.7 Å². The Morgan fingerprint density at radius 3 is 2.52 bits per heavy atom. The van der Waals surface area contributed by atoms with Crippen molar-refractivity contribution < 1.29 is 26.5 Å². The van der Waals surface area contributed by atoms with Gasteiger partial charge in [-0.25, -0.2) is 8.42 Å². The summed E-state index contributed by atoms with van der Waals surface area (Å²) in [5.41, 5.74) is -0.493. The van der Waals surface area contributed by atoms with Crippen molar-refractivity contribution in [2.24, 2.45) is 5.92 Å². The van der Waals surface area contributed by atoms with E-state index in [1.54, 1.807) is 0 Å². The van der Waals surface area contributed by atoms with Gasteiger partial charge < -0.3 is 4.90 Å². The second-order valence-electron chi connectivity index (χ2n) is 5.51. The highest BCUT2D eigenvalue weighted by atomic mass is 32.2. The molecule has 0 spiro atoms. The van der Waals surface area contributed by atoms with Gasteiger partial charge >= 0.3 is 6.18 Å². The van der Waals surface area contributed by atoms with E-state index < -0.39 is 32.5 Å². The van der Waals surface area contributed by atoms with Gasteiger partial charge in [-0.2, -0.15) is 13.2 Å². The van der Waals surface area contributed by atoms with E-state index in [0.29, 0.717) is 0 Å². The van der Waals surface area contributed by atoms with Gasteiger partial charge in [0.15, 0.2) is 9.84 Å². The summed E-state index contributed by atoms with van der Waals surface area (Å²) in [5, 5.41) is 11.2. The summed E-state index contributed by atoms with van der Waals surface area (Å²) in [6.45, 7) is -0.117. The van der Waals surface area contributed by atoms with Gasteiger partial charge in [-0.05, 0) is 25.0 Å². The molecule has 0 unspecified atom stereocenters. The molecule has 0 aromatic heterocycles. The van der Waals surface area contributed by atoms with Gasteiger partial charge in [0.1, 0.15) is 5.69 Å². The van der Waals surface area contributed by atoms with Gasteiger partial charge in [0.2, 0.25) is 0 Å². The van der Waals surface area contributed by atoms with Crippen molar-refractivity contribution in [3.05, 3.63) is 28.3 Å². The van der Waals surface area contributed by atoms with Crippen LogP contribution in [0.5, 0.6) is 0 Å². The van der Waals surface area contributed by atoms with Gasteiger partial charge in [-0.1, -0.05) is 0 Å². The molecule has 1 atom stereocenters. The molecule has 0 radical (unpaired) electrons. The Morgan fingerprint density at radius 1 is 1.35 bits per heavy atom. The summed E-state index contributed by atoms with van der Waals surface area (Å²) in [5.74, 6) is -1.55. The molecule has 0 N–H and O–H groups in total. The summed E-state index contributed by atoms with van der Waals surface area (Å²) < 4.78 is 61.6. The molecule has 6 nitrogen and oxygen atoms in total. The average Bonchev–Trinajstić information content (AvgIpc) is 2.45. The van der Waals surface area contributed by atoms with E-state index in [1.165, 1.54) is 17.0 Å². The van der Waals surface area contributed by atoms with Gasteiger partial charge in [-0.15, -0.1) is 0 Å². The second-order valence-corrected chi connectivity index (χ2v) is 7.52. The minimum absolute atomic E-state index is 0.0105. The lowest BCUT2D eigenvalue weighted by atomic mass is 9.97. The van der Waals surface area contributed by atoms with Crippen LogP contribution in [0.15, 0.2) is 23.1 Å². The first-order chi connectivity index (χ1) is 10.5. The van der Waals surface area contributed by atoms with E-state index >= 15 is 0 Å². The summed E-state index contributed by atoms with van der Waals surface area (Å²) in [7, 11) is -3.64. The van der Waals surface area contributed by atoms with E-state index in [0.717, 1.165) is 12.3 Å². The third-order valence-corrected chi connectivity index (χ3v) is 4.91. The van der Waals surface area contributed by atoms with Crippen molar-refractivity contribution in [3.8, 4) is 0 Å². The van der Waals surface area contributed by atoms with Gasteiger partial charge in [-0.3, -0.25) is 10.1 Å². The predicted molar refractivity (Wildman–Crippen MR) is 77.2 cm³/mol. The normalized spacial score (nSPS) is 19.7. The highest BCUT2D eigenvalue weighted by molar-refractivity contribution is 7.90. The summed E-state index contributed by atoms with van der Waals surface area (Å²) in [6.07, 6.45) is -3.21. The van der Waals surface area contributed by atoms with Crippen LogP contribution in [0.1, 0.15) is 12.8 Å². The number of nitro groups is 1. The standard InChI is InChI=1S/C13H15F3N2O4S/c1-23(21,22)10-4-5-11(12(7-10)18(19)20)17-6-2-3-9(8-17)13(14,15)16/h4-5,7,9H,2-3,6,8H2,1H3/t9-/m0/s1. The van der Waals surface area contributed by atoms with Crippen molar-refractivity contribution in [2.45, 2.75) is 23.9 Å². The van der Waals surface area contributed by atoms with E-state index in [1.807, 2.05) is 0 Å². The lowest BCUT2D eigenvalue weighted by Crippen LogP contribution is -2.42. The number of nitro benzene ring substituents is 1. The molecule has 1 aromatic rings. The number of rotatable bonds is 3. The molecule has 23 heavy (non-hydrogen) atoms. The Bertz CT molecular complexity index is 718. The maximum atomic E-state index is 12.9. The maximum absolute atomic E-state index is 12.9. The Morgan fingerprint density at radius 2 is 2.00 bits per heavy atom. The lowest BCUT2D eigenvalue weighted by Gasteiger charge is -2.34. The molecule has 0 aliphatic carbocycles. The molecule has 1 saturated heterocycles. The fraction of sp³-hybridized carbons (Fsp3) is 0.538. The van der Waals surface area contributed by atoms with Crippen molar-refractivity contribution in [1.82, 2.24) is 0 Å². The zero-order valence-corrected chi connectivity index (χ0v) is 13.0. The molecule has 1 fully saturated rings. The molecule has 0 bridgehead atoms. The smallest absolute Gasteiger partial charge is 0.365 e. The van der Waals surface area contributed by atoms with E-state index in [9.17, 15) is 31.7 Å². The van der Waals surface area contributed by atoms with Crippen LogP contribution in [-0.2, 0) is 9.84 Å². The van der Waals surface area contributed by atoms with E-state index in [-0.39, 0.29) is 36.5 Å². The van der Waals surface area contributed by atoms with Crippen LogP contribution in [0, 0.1) is 16.0 Å². The number of alkyl halides is 3. The highest BCUT2D eigenvalue weighted by Gasteiger charge is 2.42. The number of piperidine rings is 1. The number of benzene rings is 1. The predicted octanol–water partition coefficient (Wildman–Crippen LogP) is 2.78. The van der Waals surface area contributed by atoms with E-state index in [4.69, 9.17) is 0 Å². The average molecular weight is 352 g/mol. The fourth-order valence-corrected chi connectivity index (χ4v) is 3.25. The van der Waals surface area contributed by atoms with Crippen LogP contribution >= 0.6 is 0 Å². The molecular weight excluding hydrogens is 337 g/mol. The van der Waals surface area contributed by atoms with Crippen LogP contribution < -0.4 is 4.90 Å². The molecule has 1 aromatic carbocycles. The molecule has 128 valence electrons. The lowest BCUT2D eigenvalue weighted by molar-refractivity contribution is -0.384. The molecule has 0 saturated carbocycles. The molecule has 10 heteroatoms. The summed E-state index contributed by atoms with van der Waals surface area (Å²) in [6, 6.07) is 3.27. The topological polar surface area (TPSA) is 80.5 Å². The Labute approximate surface area is 131 Å². The number of nitrogens with zero attached hydrogens (tertiary/aromatic N) is 2. The molecule has 1 aliphatic heterocycles. The maximum Gasteiger partial charge on any atom is 0.393 e. The van der Waals surface area contributed by atoms with Gasteiger partial charge in [0, 0.05) is 25.4 Å². The Balaban J connectivity index is 2.41. The monoisotopic (exact) mass is 352 g/mol. The zero-order valence-electron chi connectivity index (χ0n) is 12.2. The quantitative estimate of drug-likeness (QED) is 0.617. The number of hydrogen-bond acceptors (Lipinski definition) is 5. The molecule has 1 heterocycles. The Hall–Kier alpha value is -1.84. The van der Waals surface area contributed by atoms with Crippen molar-refractivity contribution in [2.75, 3.05) is 24.2 Å². The second kappa shape index (κ2) is 5.99. The summed E-state index contributed by atoms with van der Waals surface area (Å²) >= 11 is 0. The summed E-state index contributed by atoms with van der Waals surface area (Å²) in [4.78, 5) is 11.5. The largest absolute Gasteiger partial charge is 0.393 e. The first-order valence-corrected chi connectivity index (χ1v) is 8.69. The first-order valence-electron chi connectivity index (χ1n) is 6.80. The van der Waals surface area contributed by atoms with Gasteiger partial charge in [0.25, 0.3) is 5.69 Å². The third-order valence-electron chi connectivity index (χ3n) is 3.80. The van der Waals surface area contributed by atoms with Crippen LogP contribution in [-0.4, -0.2) is 38.9 Å². The minimum Gasteiger partial charge on any atom is -0.365 e. The zero-order chi connectivity index (χ0) is 17.4. The number of sulfone groups is 1. The highest BCUT2D eigenvalue weighted by Crippen LogP contribution is 2.38. The number of hydrogen-bond donors (Lipinski definition) is 0. The van der Waals surface area contributed by atoms with Crippen LogP contribution in [0.3, 0.4) is 0 Å². The molecule has 2 rings (SSSR count). The van der Waals surface area contributed by atoms with Crippen LogP contribution in [0.2, 0.25) is 0 Å². The minimum atomic E-state index is -4.36. The van der Waals surface area contributed by atoms with Crippen molar-refractivity contribution in [1.29, 1.82) is 0 Å². The number of anilines is 1. The molecule has 0 amide bonds. The van der Waals surface area contributed by atoms with Crippen molar-refractivity contribution >= 4 is 21.2 Å².